The molecule has 1 aliphatic rings. The second-order valence-electron chi connectivity index (χ2n) is 4.36. The summed E-state index contributed by atoms with van der Waals surface area (Å²) in [6.45, 7) is 4.18. The van der Waals surface area contributed by atoms with Gasteiger partial charge in [-0.2, -0.15) is 0 Å². The molecule has 1 saturated carbocycles. The molecule has 84 valence electrons. The number of aromatic amines is 1. The van der Waals surface area contributed by atoms with Crippen molar-refractivity contribution in [2.45, 2.75) is 51.5 Å². The summed E-state index contributed by atoms with van der Waals surface area (Å²) in [5, 5.41) is 3.19. The minimum absolute atomic E-state index is 0.0365. The molecule has 1 heterocycles. The lowest BCUT2D eigenvalue weighted by molar-refractivity contribution is 0.415. The van der Waals surface area contributed by atoms with E-state index < -0.39 is 0 Å². The molecule has 0 aromatic carbocycles. The largest absolute Gasteiger partial charge is 0.393 e. The number of rotatable bonds is 4. The van der Waals surface area contributed by atoms with Gasteiger partial charge in [0, 0.05) is 5.92 Å². The molecule has 0 unspecified atom stereocenters. The van der Waals surface area contributed by atoms with E-state index in [0.29, 0.717) is 11.6 Å². The number of nitrogens with two attached hydrogens (primary N) is 1. The van der Waals surface area contributed by atoms with Crippen molar-refractivity contribution in [3.8, 4) is 0 Å². The molecule has 0 aliphatic heterocycles. The number of nitrogen functional groups attached to an aromatic ring is 1. The maximum absolute atomic E-state index is 11.9. The van der Waals surface area contributed by atoms with Gasteiger partial charge in [0.25, 0.3) is 5.56 Å². The predicted molar refractivity (Wildman–Crippen MR) is 61.1 cm³/mol. The molecule has 3 N–H and O–H groups in total. The summed E-state index contributed by atoms with van der Waals surface area (Å²) in [7, 11) is 0. The van der Waals surface area contributed by atoms with Crippen molar-refractivity contribution < 1.29 is 0 Å². The Morgan fingerprint density at radius 3 is 2.53 bits per heavy atom. The van der Waals surface area contributed by atoms with Gasteiger partial charge in [-0.3, -0.25) is 9.89 Å². The molecule has 0 bridgehead atoms. The highest BCUT2D eigenvalue weighted by Gasteiger charge is 2.30. The molecular weight excluding hydrogens is 190 g/mol. The fourth-order valence-electron chi connectivity index (χ4n) is 2.08. The highest BCUT2D eigenvalue weighted by molar-refractivity contribution is 5.44. The van der Waals surface area contributed by atoms with Crippen molar-refractivity contribution in [1.82, 2.24) is 9.78 Å². The Bertz CT molecular complexity index is 396. The zero-order valence-corrected chi connectivity index (χ0v) is 9.42. The van der Waals surface area contributed by atoms with Gasteiger partial charge < -0.3 is 5.73 Å². The van der Waals surface area contributed by atoms with Crippen LogP contribution < -0.4 is 11.3 Å². The van der Waals surface area contributed by atoms with Crippen molar-refractivity contribution in [2.75, 3.05) is 5.73 Å². The van der Waals surface area contributed by atoms with Gasteiger partial charge >= 0.3 is 0 Å². The Labute approximate surface area is 89.5 Å². The molecule has 0 atom stereocenters. The zero-order chi connectivity index (χ0) is 11.0. The lowest BCUT2D eigenvalue weighted by Gasteiger charge is -2.12. The quantitative estimate of drug-likeness (QED) is 0.796. The first kappa shape index (κ1) is 10.3. The molecular formula is C11H19N3O. The molecule has 0 saturated heterocycles. The van der Waals surface area contributed by atoms with E-state index >= 15 is 0 Å². The Morgan fingerprint density at radius 2 is 2.07 bits per heavy atom. The summed E-state index contributed by atoms with van der Waals surface area (Å²) >= 11 is 0. The molecule has 0 spiro atoms. The third-order valence-corrected chi connectivity index (χ3v) is 3.27. The van der Waals surface area contributed by atoms with E-state index in [1.807, 2.05) is 0 Å². The van der Waals surface area contributed by atoms with E-state index in [1.54, 1.807) is 4.68 Å². The van der Waals surface area contributed by atoms with Crippen LogP contribution in [0.5, 0.6) is 0 Å². The summed E-state index contributed by atoms with van der Waals surface area (Å²) in [4.78, 5) is 11.9. The topological polar surface area (TPSA) is 63.8 Å². The Morgan fingerprint density at radius 1 is 1.47 bits per heavy atom. The van der Waals surface area contributed by atoms with Gasteiger partial charge in [-0.25, -0.2) is 4.68 Å². The molecule has 4 nitrogen and oxygen atoms in total. The predicted octanol–water partition coefficient (Wildman–Crippen LogP) is 2.00. The molecule has 1 fully saturated rings. The molecule has 1 aliphatic carbocycles. The third-order valence-electron chi connectivity index (χ3n) is 3.27. The van der Waals surface area contributed by atoms with Gasteiger partial charge in [0.15, 0.2) is 0 Å². The standard InChI is InChI=1S/C11H19N3O/c1-3-8(4-2)14-11(15)9(12)10(13-14)7-5-6-7/h7-8,13H,3-6,12H2,1-2H3. The van der Waals surface area contributed by atoms with Crippen molar-refractivity contribution in [3.63, 3.8) is 0 Å². The molecule has 2 rings (SSSR count). The SMILES string of the molecule is CCC(CC)n1[nH]c(C2CC2)c(N)c1=O. The van der Waals surface area contributed by atoms with Gasteiger partial charge in [0.1, 0.15) is 5.69 Å². The number of nitrogens with zero attached hydrogens (tertiary/aromatic N) is 1. The van der Waals surface area contributed by atoms with Crippen LogP contribution in [0.2, 0.25) is 0 Å². The molecule has 1 aromatic heterocycles. The van der Waals surface area contributed by atoms with Crippen LogP contribution in [0.1, 0.15) is 57.2 Å². The average molecular weight is 209 g/mol. The van der Waals surface area contributed by atoms with Gasteiger partial charge in [-0.05, 0) is 25.7 Å². The fourth-order valence-corrected chi connectivity index (χ4v) is 2.08. The van der Waals surface area contributed by atoms with Gasteiger partial charge in [-0.1, -0.05) is 13.8 Å². The normalized spacial score (nSPS) is 16.2. The Kier molecular flexibility index (Phi) is 2.59. The third kappa shape index (κ3) is 1.68. The van der Waals surface area contributed by atoms with E-state index in [4.69, 9.17) is 5.73 Å². The van der Waals surface area contributed by atoms with Gasteiger partial charge in [0.05, 0.1) is 11.7 Å². The highest BCUT2D eigenvalue weighted by atomic mass is 16.1. The second kappa shape index (κ2) is 3.76. The van der Waals surface area contributed by atoms with Crippen molar-refractivity contribution in [1.29, 1.82) is 0 Å². The number of hydrogen-bond donors (Lipinski definition) is 2. The summed E-state index contributed by atoms with van der Waals surface area (Å²) in [5.74, 6) is 0.508. The molecule has 0 amide bonds. The number of anilines is 1. The van der Waals surface area contributed by atoms with E-state index in [2.05, 4.69) is 18.9 Å². The van der Waals surface area contributed by atoms with Crippen LogP contribution in [0.4, 0.5) is 5.69 Å². The van der Waals surface area contributed by atoms with E-state index in [1.165, 1.54) is 0 Å². The minimum atomic E-state index is -0.0365. The van der Waals surface area contributed by atoms with Crippen LogP contribution in [0, 0.1) is 0 Å². The van der Waals surface area contributed by atoms with Crippen LogP contribution in [0.15, 0.2) is 4.79 Å². The lowest BCUT2D eigenvalue weighted by atomic mass is 10.2. The Hall–Kier alpha value is -1.19. The first-order chi connectivity index (χ1) is 7.19. The van der Waals surface area contributed by atoms with E-state index in [0.717, 1.165) is 31.4 Å². The van der Waals surface area contributed by atoms with Crippen molar-refractivity contribution in [2.24, 2.45) is 0 Å². The minimum Gasteiger partial charge on any atom is -0.393 e. The fraction of sp³-hybridized carbons (Fsp3) is 0.727. The second-order valence-corrected chi connectivity index (χ2v) is 4.36. The number of H-pyrrole nitrogens is 1. The molecule has 4 heteroatoms. The number of nitrogens with one attached hydrogen (secondary N) is 1. The van der Waals surface area contributed by atoms with E-state index in [-0.39, 0.29) is 11.6 Å². The monoisotopic (exact) mass is 209 g/mol. The zero-order valence-electron chi connectivity index (χ0n) is 9.42. The maximum Gasteiger partial charge on any atom is 0.290 e. The lowest BCUT2D eigenvalue weighted by Crippen LogP contribution is -2.22. The van der Waals surface area contributed by atoms with Crippen LogP contribution in [0.3, 0.4) is 0 Å². The van der Waals surface area contributed by atoms with Crippen LogP contribution in [-0.2, 0) is 0 Å². The van der Waals surface area contributed by atoms with Crippen molar-refractivity contribution >= 4 is 5.69 Å². The number of hydrogen-bond acceptors (Lipinski definition) is 2. The van der Waals surface area contributed by atoms with Gasteiger partial charge in [0.2, 0.25) is 0 Å². The summed E-state index contributed by atoms with van der Waals surface area (Å²) < 4.78 is 1.71. The highest BCUT2D eigenvalue weighted by Crippen LogP contribution is 2.40. The molecule has 0 radical (unpaired) electrons. The smallest absolute Gasteiger partial charge is 0.290 e. The number of aromatic nitrogens is 2. The summed E-state index contributed by atoms with van der Waals surface area (Å²) in [6, 6.07) is 0.257. The summed E-state index contributed by atoms with van der Waals surface area (Å²) in [5.41, 5.74) is 7.19. The Balaban J connectivity index is 2.39. The first-order valence-corrected chi connectivity index (χ1v) is 5.78. The molecule has 1 aromatic rings. The van der Waals surface area contributed by atoms with Crippen LogP contribution in [-0.4, -0.2) is 9.78 Å². The van der Waals surface area contributed by atoms with Crippen LogP contribution in [0.25, 0.3) is 0 Å². The first-order valence-electron chi connectivity index (χ1n) is 5.78. The van der Waals surface area contributed by atoms with Crippen molar-refractivity contribution in [3.05, 3.63) is 16.0 Å². The maximum atomic E-state index is 11.9. The average Bonchev–Trinajstić information content (AvgIpc) is 3.02. The molecule has 15 heavy (non-hydrogen) atoms. The van der Waals surface area contributed by atoms with E-state index in [9.17, 15) is 4.79 Å². The van der Waals surface area contributed by atoms with Gasteiger partial charge in [-0.15, -0.1) is 0 Å². The van der Waals surface area contributed by atoms with Crippen LogP contribution >= 0.6 is 0 Å². The summed E-state index contributed by atoms with van der Waals surface area (Å²) in [6.07, 6.45) is 4.24.